The molecule has 84 valence electrons. The highest BCUT2D eigenvalue weighted by Crippen LogP contribution is 2.24. The van der Waals surface area contributed by atoms with E-state index in [0.29, 0.717) is 10.8 Å². The van der Waals surface area contributed by atoms with E-state index in [1.54, 1.807) is 4.68 Å². The van der Waals surface area contributed by atoms with Crippen molar-refractivity contribution in [3.05, 3.63) is 53.6 Å². The average Bonchev–Trinajstić information content (AvgIpc) is 2.68. The number of halogens is 1. The van der Waals surface area contributed by atoms with Gasteiger partial charge < -0.3 is 5.73 Å². The molecule has 17 heavy (non-hydrogen) atoms. The average molecular weight is 244 g/mol. The summed E-state index contributed by atoms with van der Waals surface area (Å²) in [5, 5.41) is 5.97. The minimum absolute atomic E-state index is 0.528. The summed E-state index contributed by atoms with van der Waals surface area (Å²) in [6.07, 6.45) is 0. The van der Waals surface area contributed by atoms with Crippen molar-refractivity contribution in [1.82, 2.24) is 9.78 Å². The number of rotatable bonds is 1. The zero-order chi connectivity index (χ0) is 11.8. The van der Waals surface area contributed by atoms with Crippen molar-refractivity contribution in [2.24, 2.45) is 0 Å². The van der Waals surface area contributed by atoms with Gasteiger partial charge in [0.25, 0.3) is 0 Å². The number of hydrogen-bond acceptors (Lipinski definition) is 2. The molecule has 0 aliphatic rings. The van der Waals surface area contributed by atoms with Crippen LogP contribution in [-0.2, 0) is 0 Å². The second-order valence-electron chi connectivity index (χ2n) is 3.79. The molecule has 0 atom stereocenters. The normalized spacial score (nSPS) is 10.9. The van der Waals surface area contributed by atoms with Crippen molar-refractivity contribution >= 4 is 28.3 Å². The zero-order valence-corrected chi connectivity index (χ0v) is 9.72. The molecule has 4 heteroatoms. The molecule has 0 aliphatic carbocycles. The first-order valence-corrected chi connectivity index (χ1v) is 5.63. The number of nitrogens with two attached hydrogens (primary N) is 1. The summed E-state index contributed by atoms with van der Waals surface area (Å²) < 4.78 is 1.80. The number of nitrogen functional groups attached to an aromatic ring is 1. The monoisotopic (exact) mass is 243 g/mol. The third kappa shape index (κ3) is 1.65. The van der Waals surface area contributed by atoms with Gasteiger partial charge in [-0.05, 0) is 30.3 Å². The van der Waals surface area contributed by atoms with Gasteiger partial charge in [-0.25, -0.2) is 4.68 Å². The Kier molecular flexibility index (Phi) is 2.27. The maximum absolute atomic E-state index is 5.98. The van der Waals surface area contributed by atoms with Crippen LogP contribution in [0, 0.1) is 0 Å². The Balaban J connectivity index is 2.31. The van der Waals surface area contributed by atoms with Crippen molar-refractivity contribution < 1.29 is 0 Å². The lowest BCUT2D eigenvalue weighted by Gasteiger charge is -2.03. The lowest BCUT2D eigenvalue weighted by atomic mass is 10.2. The van der Waals surface area contributed by atoms with E-state index in [1.807, 2.05) is 48.5 Å². The molecule has 3 nitrogen and oxygen atoms in total. The van der Waals surface area contributed by atoms with E-state index in [0.717, 1.165) is 16.6 Å². The maximum atomic E-state index is 5.98. The summed E-state index contributed by atoms with van der Waals surface area (Å²) in [6.45, 7) is 0. The van der Waals surface area contributed by atoms with Crippen LogP contribution in [0.25, 0.3) is 16.6 Å². The van der Waals surface area contributed by atoms with Crippen LogP contribution in [0.5, 0.6) is 0 Å². The van der Waals surface area contributed by atoms with Gasteiger partial charge in [0.15, 0.2) is 5.82 Å². The van der Waals surface area contributed by atoms with E-state index in [-0.39, 0.29) is 0 Å². The summed E-state index contributed by atoms with van der Waals surface area (Å²) in [6, 6.07) is 15.4. The Bertz CT molecular complexity index is 688. The first-order valence-electron chi connectivity index (χ1n) is 5.25. The van der Waals surface area contributed by atoms with Gasteiger partial charge >= 0.3 is 0 Å². The van der Waals surface area contributed by atoms with Crippen LogP contribution < -0.4 is 5.73 Å². The van der Waals surface area contributed by atoms with Gasteiger partial charge in [-0.2, -0.15) is 0 Å². The van der Waals surface area contributed by atoms with Crippen molar-refractivity contribution in [2.45, 2.75) is 0 Å². The van der Waals surface area contributed by atoms with E-state index in [9.17, 15) is 0 Å². The van der Waals surface area contributed by atoms with E-state index >= 15 is 0 Å². The molecular weight excluding hydrogens is 234 g/mol. The molecule has 0 aliphatic heterocycles. The number of para-hydroxylation sites is 1. The minimum Gasteiger partial charge on any atom is -0.382 e. The van der Waals surface area contributed by atoms with Crippen LogP contribution in [0.15, 0.2) is 48.5 Å². The lowest BCUT2D eigenvalue weighted by molar-refractivity contribution is 0.917. The SMILES string of the molecule is Nc1nn(-c2cccc(Cl)c2)c2ccccc12. The summed E-state index contributed by atoms with van der Waals surface area (Å²) >= 11 is 5.98. The highest BCUT2D eigenvalue weighted by atomic mass is 35.5. The first-order chi connectivity index (χ1) is 8.25. The molecule has 0 spiro atoms. The standard InChI is InChI=1S/C13H10ClN3/c14-9-4-3-5-10(8-9)17-12-7-2-1-6-11(12)13(15)16-17/h1-8H,(H2,15,16). The Morgan fingerprint density at radius 3 is 2.71 bits per heavy atom. The molecule has 1 heterocycles. The third-order valence-corrected chi connectivity index (χ3v) is 2.90. The lowest BCUT2D eigenvalue weighted by Crippen LogP contribution is -1.96. The predicted molar refractivity (Wildman–Crippen MR) is 70.5 cm³/mol. The Labute approximate surface area is 103 Å². The van der Waals surface area contributed by atoms with Crippen LogP contribution in [0.3, 0.4) is 0 Å². The number of hydrogen-bond donors (Lipinski definition) is 1. The van der Waals surface area contributed by atoms with Gasteiger partial charge in [-0.1, -0.05) is 29.8 Å². The molecule has 0 amide bonds. The maximum Gasteiger partial charge on any atom is 0.153 e. The first kappa shape index (κ1) is 10.2. The fourth-order valence-electron chi connectivity index (χ4n) is 1.90. The summed E-state index contributed by atoms with van der Waals surface area (Å²) in [5.74, 6) is 0.528. The van der Waals surface area contributed by atoms with Gasteiger partial charge in [0.1, 0.15) is 0 Å². The summed E-state index contributed by atoms with van der Waals surface area (Å²) in [5.41, 5.74) is 7.77. The van der Waals surface area contributed by atoms with E-state index in [2.05, 4.69) is 5.10 Å². The molecule has 0 fully saturated rings. The second-order valence-corrected chi connectivity index (χ2v) is 4.23. The predicted octanol–water partition coefficient (Wildman–Crippen LogP) is 3.26. The molecule has 3 rings (SSSR count). The van der Waals surface area contributed by atoms with Crippen LogP contribution >= 0.6 is 11.6 Å². The third-order valence-electron chi connectivity index (χ3n) is 2.67. The molecular formula is C13H10ClN3. The Morgan fingerprint density at radius 1 is 1.06 bits per heavy atom. The van der Waals surface area contributed by atoms with Crippen LogP contribution in [-0.4, -0.2) is 9.78 Å². The molecule has 2 N–H and O–H groups in total. The van der Waals surface area contributed by atoms with Gasteiger partial charge in [-0.3, -0.25) is 0 Å². The number of fused-ring (bicyclic) bond motifs is 1. The van der Waals surface area contributed by atoms with Gasteiger partial charge in [0.2, 0.25) is 0 Å². The summed E-state index contributed by atoms with van der Waals surface area (Å²) in [7, 11) is 0. The molecule has 2 aromatic carbocycles. The number of aromatic nitrogens is 2. The Hall–Kier alpha value is -2.00. The topological polar surface area (TPSA) is 43.8 Å². The summed E-state index contributed by atoms with van der Waals surface area (Å²) in [4.78, 5) is 0. The number of benzene rings is 2. The van der Waals surface area contributed by atoms with Crippen molar-refractivity contribution in [1.29, 1.82) is 0 Å². The van der Waals surface area contributed by atoms with E-state index in [4.69, 9.17) is 17.3 Å². The molecule has 0 saturated carbocycles. The van der Waals surface area contributed by atoms with E-state index in [1.165, 1.54) is 0 Å². The molecule has 0 unspecified atom stereocenters. The van der Waals surface area contributed by atoms with Crippen LogP contribution in [0.4, 0.5) is 5.82 Å². The second kappa shape index (κ2) is 3.79. The highest BCUT2D eigenvalue weighted by Gasteiger charge is 2.08. The van der Waals surface area contributed by atoms with Crippen molar-refractivity contribution in [2.75, 3.05) is 5.73 Å². The number of anilines is 1. The zero-order valence-electron chi connectivity index (χ0n) is 8.97. The quantitative estimate of drug-likeness (QED) is 0.713. The molecule has 3 aromatic rings. The van der Waals surface area contributed by atoms with Gasteiger partial charge in [-0.15, -0.1) is 5.10 Å². The van der Waals surface area contributed by atoms with Crippen molar-refractivity contribution in [3.63, 3.8) is 0 Å². The molecule has 0 bridgehead atoms. The molecule has 1 aromatic heterocycles. The minimum atomic E-state index is 0.528. The molecule has 0 radical (unpaired) electrons. The fourth-order valence-corrected chi connectivity index (χ4v) is 2.08. The highest BCUT2D eigenvalue weighted by molar-refractivity contribution is 6.30. The van der Waals surface area contributed by atoms with Gasteiger partial charge in [0.05, 0.1) is 11.2 Å². The largest absolute Gasteiger partial charge is 0.382 e. The Morgan fingerprint density at radius 2 is 1.88 bits per heavy atom. The van der Waals surface area contributed by atoms with Crippen molar-refractivity contribution in [3.8, 4) is 5.69 Å². The van der Waals surface area contributed by atoms with Crippen LogP contribution in [0.2, 0.25) is 5.02 Å². The van der Waals surface area contributed by atoms with E-state index < -0.39 is 0 Å². The fraction of sp³-hybridized carbons (Fsp3) is 0. The smallest absolute Gasteiger partial charge is 0.153 e. The van der Waals surface area contributed by atoms with Crippen LogP contribution in [0.1, 0.15) is 0 Å². The molecule has 0 saturated heterocycles. The number of nitrogens with zero attached hydrogens (tertiary/aromatic N) is 2. The van der Waals surface area contributed by atoms with Gasteiger partial charge in [0, 0.05) is 10.4 Å².